The summed E-state index contributed by atoms with van der Waals surface area (Å²) >= 11 is 0. The molecule has 0 atom stereocenters. The van der Waals surface area contributed by atoms with Gasteiger partial charge >= 0.3 is 0 Å². The smallest absolute Gasteiger partial charge is 0.291 e. The monoisotopic (exact) mass is 325 g/mol. The first-order valence-electron chi connectivity index (χ1n) is 5.92. The molecule has 10 heteroatoms. The minimum atomic E-state index is -3.77. The number of benzene rings is 1. The van der Waals surface area contributed by atoms with Gasteiger partial charge in [-0.15, -0.1) is 0 Å². The van der Waals surface area contributed by atoms with Crippen molar-refractivity contribution in [2.75, 3.05) is 12.4 Å². The molecule has 0 radical (unpaired) electrons. The Balaban J connectivity index is 2.14. The third kappa shape index (κ3) is 3.30. The number of nitro groups is 1. The molecule has 0 aliphatic rings. The molecule has 1 amide bonds. The molecule has 2 aromatic rings. The van der Waals surface area contributed by atoms with Crippen LogP contribution >= 0.6 is 0 Å². The largest absolute Gasteiger partial charge is 0.438 e. The lowest BCUT2D eigenvalue weighted by Gasteiger charge is -2.02. The molecule has 2 N–H and O–H groups in total. The Hall–Kier alpha value is -2.72. The highest BCUT2D eigenvalue weighted by Crippen LogP contribution is 2.18. The Morgan fingerprint density at radius 1 is 1.18 bits per heavy atom. The van der Waals surface area contributed by atoms with Crippen molar-refractivity contribution in [3.8, 4) is 0 Å². The van der Waals surface area contributed by atoms with Gasteiger partial charge in [-0.2, -0.15) is 0 Å². The van der Waals surface area contributed by atoms with Gasteiger partial charge in [0.25, 0.3) is 21.6 Å². The number of anilines is 1. The third-order valence-electron chi connectivity index (χ3n) is 2.67. The molecular weight excluding hydrogens is 314 g/mol. The highest BCUT2D eigenvalue weighted by Gasteiger charge is 2.19. The van der Waals surface area contributed by atoms with Gasteiger partial charge in [0, 0.05) is 17.8 Å². The second-order valence-corrected chi connectivity index (χ2v) is 5.90. The maximum atomic E-state index is 11.9. The zero-order valence-electron chi connectivity index (χ0n) is 11.3. The molecule has 9 nitrogen and oxygen atoms in total. The van der Waals surface area contributed by atoms with Crippen LogP contribution in [0.25, 0.3) is 0 Å². The summed E-state index contributed by atoms with van der Waals surface area (Å²) in [4.78, 5) is 21.9. The summed E-state index contributed by atoms with van der Waals surface area (Å²) in [5.41, 5.74) is 0.198. The first-order chi connectivity index (χ1) is 10.3. The Kier molecular flexibility index (Phi) is 4.24. The highest BCUT2D eigenvalue weighted by atomic mass is 32.2. The summed E-state index contributed by atoms with van der Waals surface area (Å²) in [6.45, 7) is 0. The van der Waals surface area contributed by atoms with E-state index in [0.29, 0.717) is 5.69 Å². The van der Waals surface area contributed by atoms with Gasteiger partial charge in [0.2, 0.25) is 5.09 Å². The summed E-state index contributed by atoms with van der Waals surface area (Å²) in [6.07, 6.45) is 0. The molecule has 0 aliphatic carbocycles. The topological polar surface area (TPSA) is 132 Å². The van der Waals surface area contributed by atoms with Crippen molar-refractivity contribution >= 4 is 27.3 Å². The molecule has 1 aromatic heterocycles. The molecular formula is C12H11N3O6S. The predicted molar refractivity (Wildman–Crippen MR) is 76.0 cm³/mol. The summed E-state index contributed by atoms with van der Waals surface area (Å²) < 4.78 is 30.0. The fraction of sp³-hybridized carbons (Fsp3) is 0.0833. The Morgan fingerprint density at radius 3 is 2.36 bits per heavy atom. The number of hydrogen-bond acceptors (Lipinski definition) is 6. The van der Waals surface area contributed by atoms with Crippen LogP contribution in [-0.4, -0.2) is 26.3 Å². The average Bonchev–Trinajstić information content (AvgIpc) is 2.98. The van der Waals surface area contributed by atoms with E-state index in [9.17, 15) is 23.3 Å². The molecule has 0 fully saturated rings. The third-order valence-corrected chi connectivity index (χ3v) is 3.96. The fourth-order valence-corrected chi connectivity index (χ4v) is 2.19. The van der Waals surface area contributed by atoms with Gasteiger partial charge in [0.1, 0.15) is 0 Å². The number of non-ortho nitro benzene ring substituents is 1. The summed E-state index contributed by atoms with van der Waals surface area (Å²) in [5.74, 6) is -0.876. The molecule has 0 aliphatic heterocycles. The van der Waals surface area contributed by atoms with Gasteiger partial charge in [-0.25, -0.2) is 13.1 Å². The van der Waals surface area contributed by atoms with Crippen molar-refractivity contribution in [2.24, 2.45) is 0 Å². The van der Waals surface area contributed by atoms with Crippen LogP contribution in [0.1, 0.15) is 10.6 Å². The van der Waals surface area contributed by atoms with Crippen molar-refractivity contribution in [2.45, 2.75) is 5.09 Å². The van der Waals surface area contributed by atoms with Gasteiger partial charge in [-0.05, 0) is 31.3 Å². The van der Waals surface area contributed by atoms with Crippen LogP contribution in [-0.2, 0) is 10.0 Å². The summed E-state index contributed by atoms with van der Waals surface area (Å²) in [7, 11) is -2.55. The molecule has 0 saturated heterocycles. The zero-order chi connectivity index (χ0) is 16.3. The first kappa shape index (κ1) is 15.7. The van der Waals surface area contributed by atoms with Crippen LogP contribution < -0.4 is 10.0 Å². The number of carbonyl (C=O) groups excluding carboxylic acids is 1. The van der Waals surface area contributed by atoms with E-state index in [2.05, 4.69) is 10.0 Å². The lowest BCUT2D eigenvalue weighted by molar-refractivity contribution is -0.384. The quantitative estimate of drug-likeness (QED) is 0.630. The standard InChI is InChI=1S/C12H11N3O6S/c1-13-22(19,20)11-7-6-10(21-11)12(16)14-8-2-4-9(5-3-8)15(17)18/h2-7,13H,1H3,(H,14,16). The molecule has 116 valence electrons. The zero-order valence-corrected chi connectivity index (χ0v) is 12.1. The van der Waals surface area contributed by atoms with E-state index >= 15 is 0 Å². The van der Waals surface area contributed by atoms with Gasteiger partial charge in [-0.1, -0.05) is 0 Å². The van der Waals surface area contributed by atoms with Crippen LogP contribution in [0.15, 0.2) is 45.9 Å². The molecule has 0 bridgehead atoms. The number of rotatable bonds is 5. The second-order valence-electron chi connectivity index (χ2n) is 4.08. The molecule has 0 saturated carbocycles. The molecule has 22 heavy (non-hydrogen) atoms. The van der Waals surface area contributed by atoms with Gasteiger partial charge in [-0.3, -0.25) is 14.9 Å². The van der Waals surface area contributed by atoms with Crippen molar-refractivity contribution in [1.29, 1.82) is 0 Å². The van der Waals surface area contributed by atoms with Gasteiger partial charge < -0.3 is 9.73 Å². The Bertz CT molecular complexity index is 810. The number of amides is 1. The highest BCUT2D eigenvalue weighted by molar-refractivity contribution is 7.89. The van der Waals surface area contributed by atoms with Crippen LogP contribution in [0.2, 0.25) is 0 Å². The number of carbonyl (C=O) groups is 1. The van der Waals surface area contributed by atoms with Crippen LogP contribution in [0, 0.1) is 10.1 Å². The van der Waals surface area contributed by atoms with E-state index in [1.807, 2.05) is 0 Å². The van der Waals surface area contributed by atoms with E-state index < -0.39 is 20.9 Å². The maximum Gasteiger partial charge on any atom is 0.291 e. The molecule has 0 unspecified atom stereocenters. The molecule has 0 spiro atoms. The van der Waals surface area contributed by atoms with E-state index in [0.717, 1.165) is 6.07 Å². The van der Waals surface area contributed by atoms with Crippen molar-refractivity contribution in [3.05, 3.63) is 52.3 Å². The second kappa shape index (κ2) is 5.95. The Labute approximate surface area is 125 Å². The summed E-state index contributed by atoms with van der Waals surface area (Å²) in [5, 5.41) is 12.6. The molecule has 1 aromatic carbocycles. The van der Waals surface area contributed by atoms with E-state index in [4.69, 9.17) is 4.42 Å². The van der Waals surface area contributed by atoms with E-state index in [-0.39, 0.29) is 16.5 Å². The van der Waals surface area contributed by atoms with Gasteiger partial charge in [0.05, 0.1) is 4.92 Å². The van der Waals surface area contributed by atoms with Gasteiger partial charge in [0.15, 0.2) is 5.76 Å². The normalized spacial score (nSPS) is 11.1. The number of hydrogen-bond donors (Lipinski definition) is 2. The predicted octanol–water partition coefficient (Wildman–Crippen LogP) is 1.35. The average molecular weight is 325 g/mol. The lowest BCUT2D eigenvalue weighted by atomic mass is 10.3. The Morgan fingerprint density at radius 2 is 1.82 bits per heavy atom. The summed E-state index contributed by atoms with van der Waals surface area (Å²) in [6, 6.07) is 7.53. The minimum Gasteiger partial charge on any atom is -0.438 e. The number of nitrogens with zero attached hydrogens (tertiary/aromatic N) is 1. The van der Waals surface area contributed by atoms with Crippen molar-refractivity contribution in [3.63, 3.8) is 0 Å². The van der Waals surface area contributed by atoms with Crippen LogP contribution in [0.4, 0.5) is 11.4 Å². The number of nitrogens with one attached hydrogen (secondary N) is 2. The van der Waals surface area contributed by atoms with Crippen LogP contribution in [0.3, 0.4) is 0 Å². The molecule has 2 rings (SSSR count). The van der Waals surface area contributed by atoms with Crippen molar-refractivity contribution in [1.82, 2.24) is 4.72 Å². The fourth-order valence-electron chi connectivity index (χ4n) is 1.55. The van der Waals surface area contributed by atoms with Crippen LogP contribution in [0.5, 0.6) is 0 Å². The first-order valence-corrected chi connectivity index (χ1v) is 7.41. The number of sulfonamides is 1. The number of nitro benzene ring substituents is 1. The van der Waals surface area contributed by atoms with E-state index in [1.165, 1.54) is 37.4 Å². The van der Waals surface area contributed by atoms with E-state index in [1.54, 1.807) is 0 Å². The minimum absolute atomic E-state index is 0.113. The SMILES string of the molecule is CNS(=O)(=O)c1ccc(C(=O)Nc2ccc([N+](=O)[O-])cc2)o1. The molecule has 1 heterocycles. The maximum absolute atomic E-state index is 11.9. The number of furan rings is 1. The van der Waals surface area contributed by atoms with Crippen molar-refractivity contribution < 1.29 is 22.6 Å². The lowest BCUT2D eigenvalue weighted by Crippen LogP contribution is -2.18.